The van der Waals surface area contributed by atoms with Gasteiger partial charge in [-0.3, -0.25) is 4.79 Å². The van der Waals surface area contributed by atoms with Crippen LogP contribution in [0, 0.1) is 0 Å². The molecule has 1 aromatic heterocycles. The molecule has 1 heterocycles. The molecule has 0 aliphatic heterocycles. The van der Waals surface area contributed by atoms with E-state index in [4.69, 9.17) is 4.98 Å². The topological polar surface area (TPSA) is 76.1 Å². The molecule has 0 radical (unpaired) electrons. The Hall–Kier alpha value is -3.51. The first-order valence-electron chi connectivity index (χ1n) is 11.0. The van der Waals surface area contributed by atoms with Crippen LogP contribution in [-0.2, 0) is 9.84 Å². The van der Waals surface area contributed by atoms with Crippen molar-refractivity contribution in [1.82, 2.24) is 10.3 Å². The minimum absolute atomic E-state index is 0.0182. The summed E-state index contributed by atoms with van der Waals surface area (Å²) in [5, 5.41) is 3.59. The van der Waals surface area contributed by atoms with Gasteiger partial charge >= 0.3 is 0 Å². The van der Waals surface area contributed by atoms with E-state index in [9.17, 15) is 13.2 Å². The monoisotopic (exact) mass is 458 g/mol. The summed E-state index contributed by atoms with van der Waals surface area (Å²) in [6, 6.07) is 25.8. The molecule has 6 heteroatoms. The Morgan fingerprint density at radius 2 is 1.48 bits per heavy atom. The smallest absolute Gasteiger partial charge is 0.253 e. The first-order chi connectivity index (χ1) is 16.0. The zero-order valence-corrected chi connectivity index (χ0v) is 19.5. The third-order valence-electron chi connectivity index (χ3n) is 5.73. The number of sulfone groups is 1. The number of carbonyl (C=O) groups excluding carboxylic acids is 1. The molecule has 3 aromatic carbocycles. The molecule has 0 saturated heterocycles. The number of nitrogens with one attached hydrogen (secondary N) is 1. The van der Waals surface area contributed by atoms with E-state index in [0.717, 1.165) is 5.56 Å². The highest BCUT2D eigenvalue weighted by Gasteiger charge is 2.30. The molecular formula is C27H26N2O3S. The summed E-state index contributed by atoms with van der Waals surface area (Å²) in [7, 11) is -3.77. The molecule has 1 N–H and O–H groups in total. The highest BCUT2D eigenvalue weighted by molar-refractivity contribution is 7.91. The number of hydrogen-bond donors (Lipinski definition) is 1. The second-order valence-electron chi connectivity index (χ2n) is 7.80. The Balaban J connectivity index is 1.98. The van der Waals surface area contributed by atoms with E-state index < -0.39 is 15.7 Å². The van der Waals surface area contributed by atoms with Gasteiger partial charge in [-0.25, -0.2) is 13.4 Å². The molecule has 5 nitrogen and oxygen atoms in total. The fourth-order valence-electron chi connectivity index (χ4n) is 4.00. The summed E-state index contributed by atoms with van der Waals surface area (Å²) in [4.78, 5) is 18.4. The van der Waals surface area contributed by atoms with Crippen molar-refractivity contribution in [2.45, 2.75) is 31.2 Å². The molecule has 1 atom stereocenters. The second-order valence-corrected chi connectivity index (χ2v) is 10.0. The van der Waals surface area contributed by atoms with Gasteiger partial charge in [-0.05, 0) is 18.1 Å². The molecule has 168 valence electrons. The highest BCUT2D eigenvalue weighted by Crippen LogP contribution is 2.34. The van der Waals surface area contributed by atoms with Crippen molar-refractivity contribution in [3.63, 3.8) is 0 Å². The summed E-state index contributed by atoms with van der Waals surface area (Å²) in [5.74, 6) is -0.559. The van der Waals surface area contributed by atoms with Crippen LogP contribution in [-0.4, -0.2) is 25.1 Å². The van der Waals surface area contributed by atoms with Crippen LogP contribution in [0.4, 0.5) is 0 Å². The average molecular weight is 459 g/mol. The van der Waals surface area contributed by atoms with Crippen molar-refractivity contribution in [2.75, 3.05) is 5.75 Å². The van der Waals surface area contributed by atoms with Crippen molar-refractivity contribution in [3.8, 4) is 11.3 Å². The molecule has 0 aliphatic rings. The number of para-hydroxylation sites is 1. The molecule has 0 aliphatic carbocycles. The number of carbonyl (C=O) groups is 1. The van der Waals surface area contributed by atoms with Gasteiger partial charge < -0.3 is 5.32 Å². The fourth-order valence-corrected chi connectivity index (χ4v) is 5.26. The standard InChI is InChI=1S/C27H26N2O3S/c1-3-22(19-13-7-5-8-14-19)29-27(30)24-21-17-11-12-18-23(21)28-25(20-15-9-6-10-16-20)26(24)33(31,32)4-2/h5-18,22H,3-4H2,1-2H3,(H,29,30)/t22-/m0/s1. The van der Waals surface area contributed by atoms with E-state index in [-0.39, 0.29) is 22.3 Å². The van der Waals surface area contributed by atoms with Gasteiger partial charge in [0, 0.05) is 10.9 Å². The second kappa shape index (κ2) is 9.55. The van der Waals surface area contributed by atoms with Crippen molar-refractivity contribution >= 4 is 26.6 Å². The van der Waals surface area contributed by atoms with E-state index in [1.54, 1.807) is 25.1 Å². The average Bonchev–Trinajstić information content (AvgIpc) is 2.87. The maximum absolute atomic E-state index is 13.8. The lowest BCUT2D eigenvalue weighted by Crippen LogP contribution is -2.30. The summed E-state index contributed by atoms with van der Waals surface area (Å²) < 4.78 is 26.7. The minimum atomic E-state index is -3.77. The molecular weight excluding hydrogens is 432 g/mol. The zero-order chi connectivity index (χ0) is 23.4. The molecule has 0 spiro atoms. The van der Waals surface area contributed by atoms with Crippen LogP contribution in [0.15, 0.2) is 89.8 Å². The molecule has 0 bridgehead atoms. The molecule has 0 saturated carbocycles. The number of hydrogen-bond acceptors (Lipinski definition) is 4. The third kappa shape index (κ3) is 4.52. The predicted octanol–water partition coefficient (Wildman–Crippen LogP) is 5.58. The molecule has 1 amide bonds. The lowest BCUT2D eigenvalue weighted by molar-refractivity contribution is 0.0934. The van der Waals surface area contributed by atoms with Gasteiger partial charge in [0.2, 0.25) is 0 Å². The van der Waals surface area contributed by atoms with Crippen LogP contribution < -0.4 is 5.32 Å². The van der Waals surface area contributed by atoms with Gasteiger partial charge in [-0.1, -0.05) is 92.7 Å². The number of rotatable bonds is 7. The Kier molecular flexibility index (Phi) is 6.56. The van der Waals surface area contributed by atoms with E-state index in [2.05, 4.69) is 5.32 Å². The summed E-state index contributed by atoms with van der Waals surface area (Å²) >= 11 is 0. The lowest BCUT2D eigenvalue weighted by Gasteiger charge is -2.21. The molecule has 0 fully saturated rings. The Morgan fingerprint density at radius 1 is 0.879 bits per heavy atom. The fraction of sp³-hybridized carbons (Fsp3) is 0.185. The van der Waals surface area contributed by atoms with E-state index >= 15 is 0 Å². The molecule has 4 aromatic rings. The summed E-state index contributed by atoms with van der Waals surface area (Å²) in [6.07, 6.45) is 0.667. The quantitative estimate of drug-likeness (QED) is 0.392. The van der Waals surface area contributed by atoms with Crippen LogP contribution in [0.3, 0.4) is 0 Å². The molecule has 33 heavy (non-hydrogen) atoms. The van der Waals surface area contributed by atoms with Crippen LogP contribution in [0.1, 0.15) is 42.2 Å². The van der Waals surface area contributed by atoms with E-state index in [1.165, 1.54) is 0 Å². The highest BCUT2D eigenvalue weighted by atomic mass is 32.2. The van der Waals surface area contributed by atoms with Crippen LogP contribution in [0.2, 0.25) is 0 Å². The van der Waals surface area contributed by atoms with Crippen molar-refractivity contribution in [2.24, 2.45) is 0 Å². The molecule has 0 unspecified atom stereocenters. The van der Waals surface area contributed by atoms with E-state index in [0.29, 0.717) is 28.6 Å². The maximum Gasteiger partial charge on any atom is 0.253 e. The van der Waals surface area contributed by atoms with Gasteiger partial charge in [0.05, 0.1) is 28.6 Å². The number of benzene rings is 3. The summed E-state index contributed by atoms with van der Waals surface area (Å²) in [5.41, 5.74) is 2.64. The van der Waals surface area contributed by atoms with Gasteiger partial charge in [0.25, 0.3) is 5.91 Å². The van der Waals surface area contributed by atoms with Gasteiger partial charge in [-0.2, -0.15) is 0 Å². The number of pyridine rings is 1. The van der Waals surface area contributed by atoms with Crippen molar-refractivity contribution in [3.05, 3.63) is 96.1 Å². The van der Waals surface area contributed by atoms with Crippen LogP contribution in [0.5, 0.6) is 0 Å². The van der Waals surface area contributed by atoms with E-state index in [1.807, 2.05) is 73.7 Å². The lowest BCUT2D eigenvalue weighted by atomic mass is 10.0. The number of amides is 1. The number of aromatic nitrogens is 1. The SMILES string of the molecule is CC[C@H](NC(=O)c1c(S(=O)(=O)CC)c(-c2ccccc2)nc2ccccc12)c1ccccc1. The maximum atomic E-state index is 13.8. The predicted molar refractivity (Wildman–Crippen MR) is 132 cm³/mol. The zero-order valence-electron chi connectivity index (χ0n) is 18.7. The Labute approximate surface area is 194 Å². The van der Waals surface area contributed by atoms with Gasteiger partial charge in [0.15, 0.2) is 9.84 Å². The first kappa shape index (κ1) is 22.7. The Morgan fingerprint density at radius 3 is 2.12 bits per heavy atom. The number of nitrogens with zero attached hydrogens (tertiary/aromatic N) is 1. The van der Waals surface area contributed by atoms with Crippen molar-refractivity contribution < 1.29 is 13.2 Å². The number of fused-ring (bicyclic) bond motifs is 1. The van der Waals surface area contributed by atoms with Crippen molar-refractivity contribution in [1.29, 1.82) is 0 Å². The minimum Gasteiger partial charge on any atom is -0.345 e. The van der Waals surface area contributed by atoms with Gasteiger partial charge in [-0.15, -0.1) is 0 Å². The van der Waals surface area contributed by atoms with Crippen LogP contribution >= 0.6 is 0 Å². The first-order valence-corrected chi connectivity index (χ1v) is 12.7. The Bertz CT molecular complexity index is 1390. The molecule has 4 rings (SSSR count). The normalized spacial score (nSPS) is 12.4. The van der Waals surface area contributed by atoms with Gasteiger partial charge in [0.1, 0.15) is 4.90 Å². The third-order valence-corrected chi connectivity index (χ3v) is 7.51. The largest absolute Gasteiger partial charge is 0.345 e. The summed E-state index contributed by atoms with van der Waals surface area (Å²) in [6.45, 7) is 3.57. The van der Waals surface area contributed by atoms with Crippen LogP contribution in [0.25, 0.3) is 22.2 Å².